The van der Waals surface area contributed by atoms with Crippen LogP contribution in [0, 0.1) is 26.7 Å². The van der Waals surface area contributed by atoms with Crippen molar-refractivity contribution in [3.05, 3.63) is 87.1 Å². The van der Waals surface area contributed by atoms with Crippen molar-refractivity contribution in [3.8, 4) is 5.69 Å². The summed E-state index contributed by atoms with van der Waals surface area (Å²) < 4.78 is 3.36. The second kappa shape index (κ2) is 9.25. The van der Waals surface area contributed by atoms with E-state index in [1.54, 1.807) is 24.1 Å². The summed E-state index contributed by atoms with van der Waals surface area (Å²) in [6.45, 7) is 10.9. The van der Waals surface area contributed by atoms with Crippen LogP contribution in [0.5, 0.6) is 0 Å². The molecule has 34 heavy (non-hydrogen) atoms. The molecule has 7 nitrogen and oxygen atoms in total. The minimum absolute atomic E-state index is 0.172. The normalized spacial score (nSPS) is 11.4. The molecule has 0 radical (unpaired) electrons. The van der Waals surface area contributed by atoms with Crippen molar-refractivity contribution in [2.24, 2.45) is 5.92 Å². The molecule has 1 amide bonds. The van der Waals surface area contributed by atoms with Gasteiger partial charge < -0.3 is 4.90 Å². The lowest BCUT2D eigenvalue weighted by Gasteiger charge is -2.19. The zero-order valence-electron chi connectivity index (χ0n) is 20.7. The van der Waals surface area contributed by atoms with Crippen LogP contribution in [-0.4, -0.2) is 37.4 Å². The zero-order chi connectivity index (χ0) is 24.6. The molecule has 7 heteroatoms. The first-order chi connectivity index (χ1) is 16.2. The molecule has 0 fully saturated rings. The Morgan fingerprint density at radius 3 is 2.29 bits per heavy atom. The number of rotatable bonds is 6. The van der Waals surface area contributed by atoms with Gasteiger partial charge in [0.05, 0.1) is 16.8 Å². The van der Waals surface area contributed by atoms with Crippen molar-refractivity contribution in [2.45, 2.75) is 47.7 Å². The molecule has 2 aromatic heterocycles. The van der Waals surface area contributed by atoms with E-state index in [0.717, 1.165) is 28.2 Å². The predicted molar refractivity (Wildman–Crippen MR) is 134 cm³/mol. The van der Waals surface area contributed by atoms with E-state index in [-0.39, 0.29) is 17.4 Å². The monoisotopic (exact) mass is 457 g/mol. The number of hydrogen-bond acceptors (Lipinski definition) is 4. The highest BCUT2D eigenvalue weighted by atomic mass is 16.2. The average molecular weight is 458 g/mol. The van der Waals surface area contributed by atoms with Crippen molar-refractivity contribution >= 4 is 16.7 Å². The van der Waals surface area contributed by atoms with Crippen LogP contribution in [0.3, 0.4) is 0 Å². The fourth-order valence-electron chi connectivity index (χ4n) is 4.29. The maximum Gasteiger partial charge on any atom is 0.274 e. The Morgan fingerprint density at radius 1 is 0.971 bits per heavy atom. The fourth-order valence-corrected chi connectivity index (χ4v) is 4.29. The highest BCUT2D eigenvalue weighted by Crippen LogP contribution is 2.23. The van der Waals surface area contributed by atoms with Gasteiger partial charge in [0, 0.05) is 36.8 Å². The molecule has 0 unspecified atom stereocenters. The van der Waals surface area contributed by atoms with E-state index in [0.29, 0.717) is 29.6 Å². The van der Waals surface area contributed by atoms with Gasteiger partial charge >= 0.3 is 0 Å². The first-order valence-corrected chi connectivity index (χ1v) is 11.6. The maximum absolute atomic E-state index is 13.6. The number of carbonyl (C=O) groups excluding carboxylic acids is 1. The molecule has 0 aliphatic heterocycles. The molecule has 2 heterocycles. The zero-order valence-corrected chi connectivity index (χ0v) is 20.7. The van der Waals surface area contributed by atoms with Crippen LogP contribution >= 0.6 is 0 Å². The largest absolute Gasteiger partial charge is 0.336 e. The standard InChI is InChI=1S/C27H31N5O2/c1-17(2)15-31-26(33)22-13-9-8-12-21(22)25(29-31)27(34)30(6)16-23-19(4)28-32(20(23)5)24-14-10-7-11-18(24)3/h7-14,17H,15-16H2,1-6H3. The smallest absolute Gasteiger partial charge is 0.274 e. The molecule has 4 aromatic rings. The van der Waals surface area contributed by atoms with E-state index in [1.165, 1.54) is 4.68 Å². The Morgan fingerprint density at radius 2 is 1.62 bits per heavy atom. The number of benzene rings is 2. The molecule has 0 saturated heterocycles. The van der Waals surface area contributed by atoms with Crippen LogP contribution in [0.1, 0.15) is 46.9 Å². The van der Waals surface area contributed by atoms with E-state index >= 15 is 0 Å². The van der Waals surface area contributed by atoms with Crippen molar-refractivity contribution in [1.29, 1.82) is 0 Å². The molecule has 0 bridgehead atoms. The molecular formula is C27H31N5O2. The lowest BCUT2D eigenvalue weighted by Crippen LogP contribution is -2.32. The predicted octanol–water partition coefficient (Wildman–Crippen LogP) is 4.44. The summed E-state index contributed by atoms with van der Waals surface area (Å²) >= 11 is 0. The van der Waals surface area contributed by atoms with E-state index < -0.39 is 0 Å². The summed E-state index contributed by atoms with van der Waals surface area (Å²) in [5, 5.41) is 10.3. The number of hydrogen-bond donors (Lipinski definition) is 0. The third kappa shape index (κ3) is 4.25. The SMILES string of the molecule is Cc1ccccc1-n1nc(C)c(CN(C)C(=O)c2nn(CC(C)C)c(=O)c3ccccc23)c1C. The van der Waals surface area contributed by atoms with Crippen LogP contribution in [0.4, 0.5) is 0 Å². The van der Waals surface area contributed by atoms with Crippen LogP contribution < -0.4 is 5.56 Å². The average Bonchev–Trinajstić information content (AvgIpc) is 3.08. The number of carbonyl (C=O) groups is 1. The van der Waals surface area contributed by atoms with Gasteiger partial charge in [0.1, 0.15) is 0 Å². The molecule has 4 rings (SSSR count). The minimum Gasteiger partial charge on any atom is -0.336 e. The molecule has 176 valence electrons. The Bertz CT molecular complexity index is 1430. The van der Waals surface area contributed by atoms with E-state index in [2.05, 4.69) is 18.1 Å². The second-order valence-electron chi connectivity index (χ2n) is 9.28. The van der Waals surface area contributed by atoms with Crippen LogP contribution in [-0.2, 0) is 13.1 Å². The Balaban J connectivity index is 1.71. The van der Waals surface area contributed by atoms with Crippen molar-refractivity contribution in [1.82, 2.24) is 24.5 Å². The number of para-hydroxylation sites is 1. The van der Waals surface area contributed by atoms with Crippen molar-refractivity contribution in [2.75, 3.05) is 7.05 Å². The molecule has 0 N–H and O–H groups in total. The molecule has 2 aromatic carbocycles. The summed E-state index contributed by atoms with van der Waals surface area (Å²) in [5.74, 6) is 0.000716. The van der Waals surface area contributed by atoms with Crippen molar-refractivity contribution in [3.63, 3.8) is 0 Å². The van der Waals surface area contributed by atoms with Gasteiger partial charge in [-0.25, -0.2) is 9.36 Å². The lowest BCUT2D eigenvalue weighted by atomic mass is 10.1. The first-order valence-electron chi connectivity index (χ1n) is 11.6. The van der Waals surface area contributed by atoms with Gasteiger partial charge in [-0.3, -0.25) is 9.59 Å². The van der Waals surface area contributed by atoms with Crippen LogP contribution in [0.2, 0.25) is 0 Å². The Kier molecular flexibility index (Phi) is 6.37. The number of fused-ring (bicyclic) bond motifs is 1. The number of aromatic nitrogens is 4. The topological polar surface area (TPSA) is 73.0 Å². The molecule has 0 aliphatic carbocycles. The fraction of sp³-hybridized carbons (Fsp3) is 0.333. The molecular weight excluding hydrogens is 426 g/mol. The highest BCUT2D eigenvalue weighted by molar-refractivity contribution is 6.04. The quantitative estimate of drug-likeness (QED) is 0.429. The third-order valence-corrected chi connectivity index (χ3v) is 6.14. The van der Waals surface area contributed by atoms with Crippen molar-refractivity contribution < 1.29 is 4.79 Å². The first kappa shape index (κ1) is 23.4. The molecule has 0 atom stereocenters. The highest BCUT2D eigenvalue weighted by Gasteiger charge is 2.23. The molecule has 0 spiro atoms. The lowest BCUT2D eigenvalue weighted by molar-refractivity contribution is 0.0778. The van der Waals surface area contributed by atoms with E-state index in [4.69, 9.17) is 5.10 Å². The minimum atomic E-state index is -0.226. The molecule has 0 saturated carbocycles. The summed E-state index contributed by atoms with van der Waals surface area (Å²) in [6.07, 6.45) is 0. The maximum atomic E-state index is 13.6. The van der Waals surface area contributed by atoms with Gasteiger partial charge in [-0.1, -0.05) is 50.2 Å². The van der Waals surface area contributed by atoms with Gasteiger partial charge in [-0.2, -0.15) is 10.2 Å². The number of aryl methyl sites for hydroxylation is 2. The van der Waals surface area contributed by atoms with E-state index in [1.807, 2.05) is 62.7 Å². The van der Waals surface area contributed by atoms with E-state index in [9.17, 15) is 9.59 Å². The van der Waals surface area contributed by atoms with Gasteiger partial charge in [-0.15, -0.1) is 0 Å². The van der Waals surface area contributed by atoms with Crippen LogP contribution in [0.25, 0.3) is 16.5 Å². The molecule has 0 aliphatic rings. The van der Waals surface area contributed by atoms with Gasteiger partial charge in [0.2, 0.25) is 0 Å². The second-order valence-corrected chi connectivity index (χ2v) is 9.28. The third-order valence-electron chi connectivity index (χ3n) is 6.14. The Labute approximate surface area is 199 Å². The summed E-state index contributed by atoms with van der Waals surface area (Å²) in [6, 6.07) is 15.3. The van der Waals surface area contributed by atoms with Gasteiger partial charge in [0.25, 0.3) is 11.5 Å². The number of nitrogens with zero attached hydrogens (tertiary/aromatic N) is 5. The van der Waals surface area contributed by atoms with Gasteiger partial charge in [0.15, 0.2) is 5.69 Å². The van der Waals surface area contributed by atoms with Crippen LogP contribution in [0.15, 0.2) is 53.3 Å². The summed E-state index contributed by atoms with van der Waals surface area (Å²) in [5.41, 5.74) is 5.15. The number of amides is 1. The Hall–Kier alpha value is -3.74. The summed E-state index contributed by atoms with van der Waals surface area (Å²) in [4.78, 5) is 28.2. The van der Waals surface area contributed by atoms with Gasteiger partial charge in [-0.05, 0) is 44.4 Å². The summed E-state index contributed by atoms with van der Waals surface area (Å²) in [7, 11) is 1.76.